The van der Waals surface area contributed by atoms with E-state index in [1.807, 2.05) is 11.9 Å². The van der Waals surface area contributed by atoms with Crippen molar-refractivity contribution in [3.05, 3.63) is 0 Å². The summed E-state index contributed by atoms with van der Waals surface area (Å²) in [6.07, 6.45) is 5.08. The van der Waals surface area contributed by atoms with Crippen molar-refractivity contribution in [2.75, 3.05) is 20.1 Å². The second-order valence-corrected chi connectivity index (χ2v) is 6.40. The lowest BCUT2D eigenvalue weighted by Gasteiger charge is -2.28. The first kappa shape index (κ1) is 14.5. The van der Waals surface area contributed by atoms with Gasteiger partial charge in [-0.1, -0.05) is 20.8 Å². The Bertz CT molecular complexity index is 237. The minimum Gasteiger partial charge on any atom is -0.343 e. The summed E-state index contributed by atoms with van der Waals surface area (Å²) in [7, 11) is 1.97. The molecule has 1 rings (SSSR count). The molecule has 1 N–H and O–H groups in total. The van der Waals surface area contributed by atoms with Crippen molar-refractivity contribution in [3.63, 3.8) is 0 Å². The van der Waals surface area contributed by atoms with Crippen LogP contribution in [0.2, 0.25) is 0 Å². The largest absolute Gasteiger partial charge is 0.343 e. The Morgan fingerprint density at radius 3 is 2.65 bits per heavy atom. The molecule has 0 aromatic rings. The SMILES string of the molecule is CN(C(=O)CCC(C)(C)C)C1CCCNCC1. The van der Waals surface area contributed by atoms with Gasteiger partial charge in [0.25, 0.3) is 0 Å². The zero-order valence-corrected chi connectivity index (χ0v) is 11.9. The van der Waals surface area contributed by atoms with Gasteiger partial charge in [0, 0.05) is 19.5 Å². The van der Waals surface area contributed by atoms with Gasteiger partial charge in [0.05, 0.1) is 0 Å². The van der Waals surface area contributed by atoms with Gasteiger partial charge in [-0.3, -0.25) is 4.79 Å². The van der Waals surface area contributed by atoms with E-state index in [1.165, 1.54) is 6.42 Å². The average Bonchev–Trinajstić information content (AvgIpc) is 2.52. The Kier molecular flexibility index (Phi) is 5.44. The van der Waals surface area contributed by atoms with E-state index >= 15 is 0 Å². The van der Waals surface area contributed by atoms with Gasteiger partial charge < -0.3 is 10.2 Å². The molecule has 1 saturated heterocycles. The first-order chi connectivity index (χ1) is 7.90. The Hall–Kier alpha value is -0.570. The summed E-state index contributed by atoms with van der Waals surface area (Å²) in [6, 6.07) is 0.442. The Morgan fingerprint density at radius 2 is 2.00 bits per heavy atom. The molecule has 0 saturated carbocycles. The molecule has 1 atom stereocenters. The first-order valence-corrected chi connectivity index (χ1v) is 6.86. The number of carbonyl (C=O) groups is 1. The number of hydrogen-bond acceptors (Lipinski definition) is 2. The van der Waals surface area contributed by atoms with Crippen molar-refractivity contribution in [1.29, 1.82) is 0 Å². The first-order valence-electron chi connectivity index (χ1n) is 6.86. The number of carbonyl (C=O) groups excluding carboxylic acids is 1. The van der Waals surface area contributed by atoms with Gasteiger partial charge in [-0.25, -0.2) is 0 Å². The van der Waals surface area contributed by atoms with Crippen molar-refractivity contribution < 1.29 is 4.79 Å². The number of hydrogen-bond donors (Lipinski definition) is 1. The average molecular weight is 240 g/mol. The zero-order valence-electron chi connectivity index (χ0n) is 11.9. The summed E-state index contributed by atoms with van der Waals surface area (Å²) in [6.45, 7) is 8.71. The molecule has 1 amide bonds. The van der Waals surface area contributed by atoms with E-state index in [-0.39, 0.29) is 5.41 Å². The van der Waals surface area contributed by atoms with Crippen LogP contribution in [0, 0.1) is 5.41 Å². The highest BCUT2D eigenvalue weighted by atomic mass is 16.2. The van der Waals surface area contributed by atoms with E-state index in [1.54, 1.807) is 0 Å². The van der Waals surface area contributed by atoms with Crippen LogP contribution in [0.25, 0.3) is 0 Å². The highest BCUT2D eigenvalue weighted by Gasteiger charge is 2.22. The van der Waals surface area contributed by atoms with E-state index in [0.717, 1.165) is 32.4 Å². The Labute approximate surface area is 106 Å². The summed E-state index contributed by atoms with van der Waals surface area (Å²) in [4.78, 5) is 14.1. The fourth-order valence-corrected chi connectivity index (χ4v) is 2.25. The second kappa shape index (κ2) is 6.39. The highest BCUT2D eigenvalue weighted by Crippen LogP contribution is 2.22. The summed E-state index contributed by atoms with van der Waals surface area (Å²) in [5.74, 6) is 0.312. The van der Waals surface area contributed by atoms with Gasteiger partial charge in [-0.05, 0) is 44.2 Å². The minimum absolute atomic E-state index is 0.251. The molecule has 0 radical (unpaired) electrons. The van der Waals surface area contributed by atoms with Crippen molar-refractivity contribution in [2.45, 2.75) is 58.9 Å². The van der Waals surface area contributed by atoms with Gasteiger partial charge in [-0.2, -0.15) is 0 Å². The quantitative estimate of drug-likeness (QED) is 0.821. The lowest BCUT2D eigenvalue weighted by Crippen LogP contribution is -2.37. The molecule has 0 aromatic carbocycles. The molecule has 17 heavy (non-hydrogen) atoms. The van der Waals surface area contributed by atoms with Crippen molar-refractivity contribution in [3.8, 4) is 0 Å². The molecule has 1 unspecified atom stereocenters. The normalized spacial score (nSPS) is 22.0. The van der Waals surface area contributed by atoms with Gasteiger partial charge in [0.1, 0.15) is 0 Å². The maximum Gasteiger partial charge on any atom is 0.222 e. The van der Waals surface area contributed by atoms with Crippen LogP contribution in [0.1, 0.15) is 52.9 Å². The highest BCUT2D eigenvalue weighted by molar-refractivity contribution is 5.76. The molecule has 1 aliphatic heterocycles. The predicted octanol–water partition coefficient (Wildman–Crippen LogP) is 2.41. The lowest BCUT2D eigenvalue weighted by atomic mass is 9.90. The van der Waals surface area contributed by atoms with Gasteiger partial charge in [-0.15, -0.1) is 0 Å². The topological polar surface area (TPSA) is 32.3 Å². The lowest BCUT2D eigenvalue weighted by molar-refractivity contribution is -0.132. The van der Waals surface area contributed by atoms with Crippen LogP contribution in [-0.2, 0) is 4.79 Å². The van der Waals surface area contributed by atoms with Crippen LogP contribution in [0.15, 0.2) is 0 Å². The molecule has 0 aliphatic carbocycles. The minimum atomic E-state index is 0.251. The van der Waals surface area contributed by atoms with Gasteiger partial charge in [0.2, 0.25) is 5.91 Å². The van der Waals surface area contributed by atoms with E-state index < -0.39 is 0 Å². The summed E-state index contributed by atoms with van der Waals surface area (Å²) < 4.78 is 0. The third kappa shape index (κ3) is 5.53. The Balaban J connectivity index is 2.39. The number of nitrogens with zero attached hydrogens (tertiary/aromatic N) is 1. The molecule has 1 fully saturated rings. The van der Waals surface area contributed by atoms with Crippen LogP contribution in [-0.4, -0.2) is 37.0 Å². The summed E-state index contributed by atoms with van der Waals surface area (Å²) in [5.41, 5.74) is 0.251. The second-order valence-electron chi connectivity index (χ2n) is 6.40. The maximum atomic E-state index is 12.1. The number of amides is 1. The van der Waals surface area contributed by atoms with Crippen molar-refractivity contribution in [2.24, 2.45) is 5.41 Å². The van der Waals surface area contributed by atoms with E-state index in [2.05, 4.69) is 26.1 Å². The molecule has 3 nitrogen and oxygen atoms in total. The molecular formula is C14H28N2O. The Morgan fingerprint density at radius 1 is 1.29 bits per heavy atom. The van der Waals surface area contributed by atoms with Crippen molar-refractivity contribution >= 4 is 5.91 Å². The fraction of sp³-hybridized carbons (Fsp3) is 0.929. The predicted molar refractivity (Wildman–Crippen MR) is 72.0 cm³/mol. The monoisotopic (exact) mass is 240 g/mol. The van der Waals surface area contributed by atoms with Crippen LogP contribution in [0.4, 0.5) is 0 Å². The smallest absolute Gasteiger partial charge is 0.222 e. The van der Waals surface area contributed by atoms with Crippen LogP contribution < -0.4 is 5.32 Å². The molecule has 100 valence electrons. The third-order valence-corrected chi connectivity index (χ3v) is 3.58. The molecule has 3 heteroatoms. The number of rotatable bonds is 3. The van der Waals surface area contributed by atoms with Crippen molar-refractivity contribution in [1.82, 2.24) is 10.2 Å². The van der Waals surface area contributed by atoms with E-state index in [9.17, 15) is 4.79 Å². The molecular weight excluding hydrogens is 212 g/mol. The zero-order chi connectivity index (χ0) is 12.9. The molecule has 0 bridgehead atoms. The molecule has 0 spiro atoms. The van der Waals surface area contributed by atoms with Gasteiger partial charge >= 0.3 is 0 Å². The molecule has 0 aromatic heterocycles. The standard InChI is InChI=1S/C14H28N2O/c1-14(2,3)9-7-13(17)16(4)12-6-5-10-15-11-8-12/h12,15H,5-11H2,1-4H3. The summed E-state index contributed by atoms with van der Waals surface area (Å²) in [5, 5.41) is 3.39. The molecule has 1 aliphatic rings. The third-order valence-electron chi connectivity index (χ3n) is 3.58. The fourth-order valence-electron chi connectivity index (χ4n) is 2.25. The van der Waals surface area contributed by atoms with E-state index in [0.29, 0.717) is 18.4 Å². The maximum absolute atomic E-state index is 12.1. The van der Waals surface area contributed by atoms with Crippen LogP contribution in [0.5, 0.6) is 0 Å². The summed E-state index contributed by atoms with van der Waals surface area (Å²) >= 11 is 0. The number of nitrogens with one attached hydrogen (secondary N) is 1. The van der Waals surface area contributed by atoms with Crippen LogP contribution >= 0.6 is 0 Å². The van der Waals surface area contributed by atoms with Crippen LogP contribution in [0.3, 0.4) is 0 Å². The van der Waals surface area contributed by atoms with Gasteiger partial charge in [0.15, 0.2) is 0 Å². The van der Waals surface area contributed by atoms with E-state index in [4.69, 9.17) is 0 Å². The molecule has 1 heterocycles.